The van der Waals surface area contributed by atoms with Crippen molar-refractivity contribution in [2.24, 2.45) is 0 Å². The minimum Gasteiger partial charge on any atom is -0.493 e. The van der Waals surface area contributed by atoms with Gasteiger partial charge in [-0.2, -0.15) is 0 Å². The van der Waals surface area contributed by atoms with Gasteiger partial charge in [-0.25, -0.2) is 0 Å². The van der Waals surface area contributed by atoms with E-state index in [1.807, 2.05) is 7.05 Å². The van der Waals surface area contributed by atoms with E-state index in [2.05, 4.69) is 47.8 Å². The van der Waals surface area contributed by atoms with Crippen LogP contribution in [0.3, 0.4) is 0 Å². The fourth-order valence-electron chi connectivity index (χ4n) is 2.62. The number of benzene rings is 2. The van der Waals surface area contributed by atoms with Crippen LogP contribution < -0.4 is 10.1 Å². The van der Waals surface area contributed by atoms with Crippen LogP contribution in [0.4, 0.5) is 0 Å². The molecule has 2 nitrogen and oxygen atoms in total. The largest absolute Gasteiger partial charge is 0.493 e. The van der Waals surface area contributed by atoms with E-state index in [4.69, 9.17) is 4.74 Å². The molecular formula is C17H19NO. The van der Waals surface area contributed by atoms with E-state index in [-0.39, 0.29) is 0 Å². The van der Waals surface area contributed by atoms with Crippen LogP contribution in [0, 0.1) is 0 Å². The Balaban J connectivity index is 1.97. The summed E-state index contributed by atoms with van der Waals surface area (Å²) in [5, 5.41) is 3.17. The summed E-state index contributed by atoms with van der Waals surface area (Å²) in [5.41, 5.74) is 5.09. The fraction of sp³-hybridized carbons (Fsp3) is 0.294. The number of fused-ring (bicyclic) bond motifs is 1. The van der Waals surface area contributed by atoms with Crippen molar-refractivity contribution in [1.82, 2.24) is 5.32 Å². The molecule has 0 saturated heterocycles. The van der Waals surface area contributed by atoms with Gasteiger partial charge in [-0.1, -0.05) is 42.5 Å². The fourth-order valence-corrected chi connectivity index (χ4v) is 2.62. The van der Waals surface area contributed by atoms with E-state index in [1.54, 1.807) is 0 Å². The Kier molecular flexibility index (Phi) is 3.51. The molecule has 0 radical (unpaired) electrons. The Morgan fingerprint density at radius 1 is 1.11 bits per heavy atom. The molecule has 0 atom stereocenters. The van der Waals surface area contributed by atoms with Crippen LogP contribution in [-0.2, 0) is 13.0 Å². The standard InChI is InChI=1S/C17H19NO/c1-18-12-13-7-9-14(10-8-13)16-6-2-4-15-5-3-11-19-17(15)16/h2,4,6-10,18H,3,5,11-12H2,1H3. The average molecular weight is 253 g/mol. The van der Waals surface area contributed by atoms with Gasteiger partial charge in [0.25, 0.3) is 0 Å². The number of nitrogens with one attached hydrogen (secondary N) is 1. The highest BCUT2D eigenvalue weighted by atomic mass is 16.5. The van der Waals surface area contributed by atoms with Gasteiger partial charge in [0.05, 0.1) is 6.61 Å². The molecule has 0 amide bonds. The maximum absolute atomic E-state index is 5.87. The van der Waals surface area contributed by atoms with Gasteiger partial charge in [0.1, 0.15) is 5.75 Å². The zero-order valence-corrected chi connectivity index (χ0v) is 11.3. The molecule has 1 aliphatic heterocycles. The van der Waals surface area contributed by atoms with Crippen molar-refractivity contribution in [2.45, 2.75) is 19.4 Å². The van der Waals surface area contributed by atoms with Crippen molar-refractivity contribution in [3.05, 3.63) is 53.6 Å². The first-order valence-electron chi connectivity index (χ1n) is 6.87. The van der Waals surface area contributed by atoms with Crippen molar-refractivity contribution >= 4 is 0 Å². The van der Waals surface area contributed by atoms with E-state index >= 15 is 0 Å². The lowest BCUT2D eigenvalue weighted by Gasteiger charge is -2.20. The van der Waals surface area contributed by atoms with Crippen LogP contribution in [0.15, 0.2) is 42.5 Å². The van der Waals surface area contributed by atoms with Gasteiger partial charge in [-0.3, -0.25) is 0 Å². The molecule has 2 aromatic rings. The summed E-state index contributed by atoms with van der Waals surface area (Å²) in [5.74, 6) is 1.08. The van der Waals surface area contributed by atoms with Crippen LogP contribution >= 0.6 is 0 Å². The summed E-state index contributed by atoms with van der Waals surface area (Å²) in [6, 6.07) is 15.2. The summed E-state index contributed by atoms with van der Waals surface area (Å²) in [4.78, 5) is 0. The van der Waals surface area contributed by atoms with Gasteiger partial charge in [-0.05, 0) is 36.6 Å². The predicted octanol–water partition coefficient (Wildman–Crippen LogP) is 3.40. The third-order valence-corrected chi connectivity index (χ3v) is 3.58. The zero-order valence-electron chi connectivity index (χ0n) is 11.3. The van der Waals surface area contributed by atoms with Crippen LogP contribution in [0.5, 0.6) is 5.75 Å². The van der Waals surface area contributed by atoms with Gasteiger partial charge in [0.2, 0.25) is 0 Å². The first-order chi connectivity index (χ1) is 9.38. The second-order valence-electron chi connectivity index (χ2n) is 4.97. The number of para-hydroxylation sites is 1. The average Bonchev–Trinajstić information content (AvgIpc) is 2.48. The van der Waals surface area contributed by atoms with E-state index < -0.39 is 0 Å². The van der Waals surface area contributed by atoms with Crippen molar-refractivity contribution in [2.75, 3.05) is 13.7 Å². The summed E-state index contributed by atoms with van der Waals surface area (Å²) < 4.78 is 5.87. The maximum atomic E-state index is 5.87. The first kappa shape index (κ1) is 12.2. The van der Waals surface area contributed by atoms with Crippen LogP contribution in [0.25, 0.3) is 11.1 Å². The van der Waals surface area contributed by atoms with Gasteiger partial charge < -0.3 is 10.1 Å². The van der Waals surface area contributed by atoms with E-state index in [9.17, 15) is 0 Å². The van der Waals surface area contributed by atoms with Gasteiger partial charge in [0, 0.05) is 12.1 Å². The number of hydrogen-bond donors (Lipinski definition) is 1. The molecule has 2 heteroatoms. The molecular weight excluding hydrogens is 234 g/mol. The lowest BCUT2D eigenvalue weighted by Crippen LogP contribution is -2.09. The molecule has 0 bridgehead atoms. The monoisotopic (exact) mass is 253 g/mol. The predicted molar refractivity (Wildman–Crippen MR) is 78.5 cm³/mol. The molecule has 3 rings (SSSR count). The van der Waals surface area contributed by atoms with Crippen LogP contribution in [-0.4, -0.2) is 13.7 Å². The number of rotatable bonds is 3. The minimum absolute atomic E-state index is 0.835. The second kappa shape index (κ2) is 5.45. The molecule has 0 unspecified atom stereocenters. The molecule has 19 heavy (non-hydrogen) atoms. The van der Waals surface area contributed by atoms with Gasteiger partial charge in [-0.15, -0.1) is 0 Å². The van der Waals surface area contributed by atoms with Gasteiger partial charge in [0.15, 0.2) is 0 Å². The highest BCUT2D eigenvalue weighted by molar-refractivity contribution is 5.72. The maximum Gasteiger partial charge on any atom is 0.130 e. The summed E-state index contributed by atoms with van der Waals surface area (Å²) in [6.07, 6.45) is 2.25. The molecule has 0 fully saturated rings. The van der Waals surface area contributed by atoms with Crippen molar-refractivity contribution in [3.63, 3.8) is 0 Å². The topological polar surface area (TPSA) is 21.3 Å². The van der Waals surface area contributed by atoms with Crippen molar-refractivity contribution in [3.8, 4) is 16.9 Å². The van der Waals surface area contributed by atoms with Crippen molar-refractivity contribution < 1.29 is 4.74 Å². The molecule has 0 spiro atoms. The quantitative estimate of drug-likeness (QED) is 0.905. The highest BCUT2D eigenvalue weighted by Gasteiger charge is 2.15. The summed E-state index contributed by atoms with van der Waals surface area (Å²) >= 11 is 0. The molecule has 1 aliphatic rings. The molecule has 0 saturated carbocycles. The summed E-state index contributed by atoms with van der Waals surface area (Å²) in [7, 11) is 1.97. The normalized spacial score (nSPS) is 13.7. The number of hydrogen-bond acceptors (Lipinski definition) is 2. The minimum atomic E-state index is 0.835. The SMILES string of the molecule is CNCc1ccc(-c2cccc3c2OCCC3)cc1. The van der Waals surface area contributed by atoms with Crippen molar-refractivity contribution in [1.29, 1.82) is 0 Å². The second-order valence-corrected chi connectivity index (χ2v) is 4.97. The highest BCUT2D eigenvalue weighted by Crippen LogP contribution is 2.36. The third kappa shape index (κ3) is 2.49. The van der Waals surface area contributed by atoms with Crippen LogP contribution in [0.1, 0.15) is 17.5 Å². The molecule has 0 aliphatic carbocycles. The number of ether oxygens (including phenoxy) is 1. The Morgan fingerprint density at radius 2 is 1.95 bits per heavy atom. The molecule has 1 heterocycles. The Bertz CT molecular complexity index is 560. The zero-order chi connectivity index (χ0) is 13.1. The molecule has 0 aromatic heterocycles. The molecule has 98 valence electrons. The molecule has 2 aromatic carbocycles. The van der Waals surface area contributed by atoms with E-state index in [1.165, 1.54) is 22.3 Å². The summed E-state index contributed by atoms with van der Waals surface area (Å²) in [6.45, 7) is 1.74. The Labute approximate surface area is 114 Å². The van der Waals surface area contributed by atoms with E-state index in [0.29, 0.717) is 0 Å². The smallest absolute Gasteiger partial charge is 0.130 e. The third-order valence-electron chi connectivity index (χ3n) is 3.58. The van der Waals surface area contributed by atoms with E-state index in [0.717, 1.165) is 31.7 Å². The first-order valence-corrected chi connectivity index (χ1v) is 6.87. The number of aryl methyl sites for hydroxylation is 1. The molecule has 1 N–H and O–H groups in total. The van der Waals surface area contributed by atoms with Crippen LogP contribution in [0.2, 0.25) is 0 Å². The Morgan fingerprint density at radius 3 is 2.74 bits per heavy atom. The Hall–Kier alpha value is -1.80. The lowest BCUT2D eigenvalue weighted by molar-refractivity contribution is 0.289. The van der Waals surface area contributed by atoms with Gasteiger partial charge >= 0.3 is 0 Å². The lowest BCUT2D eigenvalue weighted by atomic mass is 9.97.